The summed E-state index contributed by atoms with van der Waals surface area (Å²) in [6, 6.07) is 2.14. The fourth-order valence-corrected chi connectivity index (χ4v) is 2.35. The summed E-state index contributed by atoms with van der Waals surface area (Å²) in [4.78, 5) is 0. The predicted octanol–water partition coefficient (Wildman–Crippen LogP) is 1.50. The van der Waals surface area contributed by atoms with Crippen molar-refractivity contribution in [2.24, 2.45) is 13.0 Å². The van der Waals surface area contributed by atoms with Gasteiger partial charge in [-0.2, -0.15) is 5.10 Å². The molecule has 0 unspecified atom stereocenters. The van der Waals surface area contributed by atoms with Crippen LogP contribution in [0, 0.1) is 5.92 Å². The Morgan fingerprint density at radius 3 is 2.88 bits per heavy atom. The molecule has 1 aliphatic rings. The molecule has 0 radical (unpaired) electrons. The van der Waals surface area contributed by atoms with Crippen LogP contribution in [0.5, 0.6) is 0 Å². The van der Waals surface area contributed by atoms with Crippen LogP contribution in [-0.2, 0) is 24.8 Å². The fourth-order valence-electron chi connectivity index (χ4n) is 2.35. The first-order valence-corrected chi connectivity index (χ1v) is 6.51. The first-order chi connectivity index (χ1) is 8.22. The van der Waals surface area contributed by atoms with Gasteiger partial charge in [-0.1, -0.05) is 6.92 Å². The van der Waals surface area contributed by atoms with Gasteiger partial charge in [0.05, 0.1) is 24.1 Å². The van der Waals surface area contributed by atoms with Crippen molar-refractivity contribution in [1.29, 1.82) is 0 Å². The molecule has 2 rings (SSSR count). The molecule has 0 aliphatic heterocycles. The van der Waals surface area contributed by atoms with Crippen molar-refractivity contribution >= 4 is 0 Å². The second-order valence-electron chi connectivity index (χ2n) is 4.93. The van der Waals surface area contributed by atoms with Crippen molar-refractivity contribution in [2.75, 3.05) is 13.6 Å². The van der Waals surface area contributed by atoms with Crippen molar-refractivity contribution in [3.05, 3.63) is 17.5 Å². The van der Waals surface area contributed by atoms with Gasteiger partial charge >= 0.3 is 0 Å². The molecule has 1 aromatic heterocycles. The summed E-state index contributed by atoms with van der Waals surface area (Å²) >= 11 is 0. The standard InChI is InChI=1S/C13H23N3O/c1-4-11-7-12(16(3)15-11)9-17-13-5-10(6-13)8-14-2/h7,10,13-14H,4-6,8-9H2,1-3H3. The Kier molecular flexibility index (Phi) is 4.18. The lowest BCUT2D eigenvalue weighted by Crippen LogP contribution is -2.36. The van der Waals surface area contributed by atoms with Gasteiger partial charge in [0.2, 0.25) is 0 Å². The Morgan fingerprint density at radius 2 is 2.29 bits per heavy atom. The Morgan fingerprint density at radius 1 is 1.53 bits per heavy atom. The van der Waals surface area contributed by atoms with Crippen LogP contribution in [0.15, 0.2) is 6.07 Å². The topological polar surface area (TPSA) is 39.1 Å². The van der Waals surface area contributed by atoms with Gasteiger partial charge in [-0.3, -0.25) is 4.68 Å². The predicted molar refractivity (Wildman–Crippen MR) is 67.8 cm³/mol. The Hall–Kier alpha value is -0.870. The highest BCUT2D eigenvalue weighted by Crippen LogP contribution is 2.30. The normalized spacial score (nSPS) is 23.7. The van der Waals surface area contributed by atoms with E-state index in [1.54, 1.807) is 0 Å². The van der Waals surface area contributed by atoms with Crippen molar-refractivity contribution in [1.82, 2.24) is 15.1 Å². The number of ether oxygens (including phenoxy) is 1. The molecule has 17 heavy (non-hydrogen) atoms. The van der Waals surface area contributed by atoms with E-state index < -0.39 is 0 Å². The fraction of sp³-hybridized carbons (Fsp3) is 0.769. The van der Waals surface area contributed by atoms with Crippen LogP contribution in [0.4, 0.5) is 0 Å². The summed E-state index contributed by atoms with van der Waals surface area (Å²) in [7, 11) is 4.00. The third-order valence-electron chi connectivity index (χ3n) is 3.54. The quantitative estimate of drug-likeness (QED) is 0.815. The Bertz CT molecular complexity index is 356. The van der Waals surface area contributed by atoms with E-state index >= 15 is 0 Å². The van der Waals surface area contributed by atoms with Crippen molar-refractivity contribution in [3.8, 4) is 0 Å². The molecule has 1 N–H and O–H groups in total. The first-order valence-electron chi connectivity index (χ1n) is 6.51. The van der Waals surface area contributed by atoms with E-state index in [1.807, 2.05) is 18.8 Å². The molecule has 0 atom stereocenters. The molecule has 0 saturated heterocycles. The molecule has 0 aromatic carbocycles. The lowest BCUT2D eigenvalue weighted by molar-refractivity contribution is -0.0412. The lowest BCUT2D eigenvalue weighted by Gasteiger charge is -2.34. The highest BCUT2D eigenvalue weighted by molar-refractivity contribution is 5.09. The van der Waals surface area contributed by atoms with Crippen LogP contribution in [0.2, 0.25) is 0 Å². The second kappa shape index (κ2) is 5.65. The van der Waals surface area contributed by atoms with E-state index in [4.69, 9.17) is 4.74 Å². The number of nitrogens with one attached hydrogen (secondary N) is 1. The van der Waals surface area contributed by atoms with Crippen LogP contribution < -0.4 is 5.32 Å². The van der Waals surface area contributed by atoms with Crippen molar-refractivity contribution < 1.29 is 4.74 Å². The van der Waals surface area contributed by atoms with Crippen LogP contribution >= 0.6 is 0 Å². The SMILES string of the molecule is CCc1cc(COC2CC(CNC)C2)n(C)n1. The molecule has 4 heteroatoms. The van der Waals surface area contributed by atoms with E-state index in [0.717, 1.165) is 24.6 Å². The average Bonchev–Trinajstić information content (AvgIpc) is 2.62. The second-order valence-corrected chi connectivity index (χ2v) is 4.93. The van der Waals surface area contributed by atoms with Crippen LogP contribution in [0.3, 0.4) is 0 Å². The molecule has 1 aliphatic carbocycles. The molecule has 1 saturated carbocycles. The minimum absolute atomic E-state index is 0.452. The van der Waals surface area contributed by atoms with Gasteiger partial charge in [0.15, 0.2) is 0 Å². The van der Waals surface area contributed by atoms with Crippen LogP contribution in [0.1, 0.15) is 31.2 Å². The zero-order valence-electron chi connectivity index (χ0n) is 11.1. The monoisotopic (exact) mass is 237 g/mol. The summed E-state index contributed by atoms with van der Waals surface area (Å²) in [5.41, 5.74) is 2.33. The van der Waals surface area contributed by atoms with Gasteiger partial charge in [0.1, 0.15) is 0 Å². The Balaban J connectivity index is 1.73. The maximum Gasteiger partial charge on any atom is 0.0888 e. The van der Waals surface area contributed by atoms with E-state index in [0.29, 0.717) is 12.7 Å². The number of hydrogen-bond donors (Lipinski definition) is 1. The number of rotatable bonds is 6. The molecule has 0 amide bonds. The van der Waals surface area contributed by atoms with Gasteiger partial charge < -0.3 is 10.1 Å². The first kappa shape index (κ1) is 12.6. The van der Waals surface area contributed by atoms with Crippen molar-refractivity contribution in [3.63, 3.8) is 0 Å². The number of hydrogen-bond acceptors (Lipinski definition) is 3. The maximum atomic E-state index is 5.89. The summed E-state index contributed by atoms with van der Waals surface area (Å²) < 4.78 is 7.82. The molecule has 96 valence electrons. The minimum atomic E-state index is 0.452. The zero-order chi connectivity index (χ0) is 12.3. The van der Waals surface area contributed by atoms with E-state index in [9.17, 15) is 0 Å². The van der Waals surface area contributed by atoms with Gasteiger partial charge in [0.25, 0.3) is 0 Å². The molecule has 0 bridgehead atoms. The number of aromatic nitrogens is 2. The summed E-state index contributed by atoms with van der Waals surface area (Å²) in [5.74, 6) is 0.808. The third kappa shape index (κ3) is 3.07. The van der Waals surface area contributed by atoms with Crippen LogP contribution in [0.25, 0.3) is 0 Å². The summed E-state index contributed by atoms with van der Waals surface area (Å²) in [6.07, 6.45) is 3.83. The van der Waals surface area contributed by atoms with Crippen LogP contribution in [-0.4, -0.2) is 29.5 Å². The average molecular weight is 237 g/mol. The van der Waals surface area contributed by atoms with E-state index in [-0.39, 0.29) is 0 Å². The molecular formula is C13H23N3O. The number of aryl methyl sites for hydroxylation is 2. The Labute approximate surface area is 103 Å². The highest BCUT2D eigenvalue weighted by atomic mass is 16.5. The molecule has 0 spiro atoms. The van der Waals surface area contributed by atoms with Gasteiger partial charge in [0, 0.05) is 7.05 Å². The molecule has 1 fully saturated rings. The summed E-state index contributed by atoms with van der Waals surface area (Å²) in [5, 5.41) is 7.64. The molecule has 4 nitrogen and oxygen atoms in total. The van der Waals surface area contributed by atoms with Gasteiger partial charge in [-0.15, -0.1) is 0 Å². The number of nitrogens with zero attached hydrogens (tertiary/aromatic N) is 2. The third-order valence-corrected chi connectivity index (χ3v) is 3.54. The smallest absolute Gasteiger partial charge is 0.0888 e. The minimum Gasteiger partial charge on any atom is -0.372 e. The molecule has 1 heterocycles. The van der Waals surface area contributed by atoms with E-state index in [1.165, 1.54) is 18.5 Å². The van der Waals surface area contributed by atoms with E-state index in [2.05, 4.69) is 23.4 Å². The summed E-state index contributed by atoms with van der Waals surface area (Å²) in [6.45, 7) is 3.94. The molecule has 1 aromatic rings. The van der Waals surface area contributed by atoms with Gasteiger partial charge in [-0.25, -0.2) is 0 Å². The van der Waals surface area contributed by atoms with Crippen molar-refractivity contribution in [2.45, 2.75) is 38.9 Å². The molecular weight excluding hydrogens is 214 g/mol. The van der Waals surface area contributed by atoms with Gasteiger partial charge in [-0.05, 0) is 44.8 Å². The maximum absolute atomic E-state index is 5.89. The lowest BCUT2D eigenvalue weighted by atomic mass is 9.82. The highest BCUT2D eigenvalue weighted by Gasteiger charge is 2.29. The zero-order valence-corrected chi connectivity index (χ0v) is 11.1. The largest absolute Gasteiger partial charge is 0.372 e.